The predicted octanol–water partition coefficient (Wildman–Crippen LogP) is 4.85. The van der Waals surface area contributed by atoms with Gasteiger partial charge in [-0.2, -0.15) is 0 Å². The van der Waals surface area contributed by atoms with Crippen molar-refractivity contribution in [3.63, 3.8) is 0 Å². The second kappa shape index (κ2) is 8.59. The molecule has 152 valence electrons. The number of nitrogens with one attached hydrogen (secondary N) is 1. The third-order valence-corrected chi connectivity index (χ3v) is 5.88. The largest absolute Gasteiger partial charge is 0.450 e. The molecule has 7 nitrogen and oxygen atoms in total. The number of hydrogen-bond donors (Lipinski definition) is 1. The number of benzene rings is 1. The second-order valence-electron chi connectivity index (χ2n) is 6.83. The molecule has 0 saturated carbocycles. The van der Waals surface area contributed by atoms with Crippen LogP contribution in [0.2, 0.25) is 5.02 Å². The molecular formula is C20H21BrClN5O2. The van der Waals surface area contributed by atoms with Gasteiger partial charge in [-0.25, -0.2) is 14.8 Å². The van der Waals surface area contributed by atoms with E-state index in [0.717, 1.165) is 34.3 Å². The fourth-order valence-corrected chi connectivity index (χ4v) is 4.07. The van der Waals surface area contributed by atoms with Crippen LogP contribution in [0.1, 0.15) is 19.8 Å². The second-order valence-corrected chi connectivity index (χ2v) is 8.05. The first kappa shape index (κ1) is 20.0. The molecule has 3 heterocycles. The van der Waals surface area contributed by atoms with Crippen molar-refractivity contribution in [3.05, 3.63) is 46.3 Å². The summed E-state index contributed by atoms with van der Waals surface area (Å²) in [7, 11) is 0. The number of carbonyl (C=O) groups excluding carboxylic acids is 1. The Kier molecular flexibility index (Phi) is 5.91. The van der Waals surface area contributed by atoms with E-state index in [1.165, 1.54) is 0 Å². The van der Waals surface area contributed by atoms with Gasteiger partial charge in [0.2, 0.25) is 0 Å². The van der Waals surface area contributed by atoms with Gasteiger partial charge in [0, 0.05) is 30.9 Å². The smallest absolute Gasteiger partial charge is 0.409 e. The standard InChI is InChI=1S/C20H21BrClN5O2/c1-2-29-20(28)26-9-7-13(8-10-26)24-18-19-23-11-17(21)27(19)12-16(25-18)14-5-3-4-6-15(14)22/h3-6,11-13H,2,7-10H2,1H3,(H,24,25). The Balaban J connectivity index is 1.59. The highest BCUT2D eigenvalue weighted by molar-refractivity contribution is 9.10. The van der Waals surface area contributed by atoms with Crippen LogP contribution in [0.25, 0.3) is 16.9 Å². The molecule has 1 aliphatic rings. The zero-order valence-corrected chi connectivity index (χ0v) is 18.3. The molecule has 1 saturated heterocycles. The summed E-state index contributed by atoms with van der Waals surface area (Å²) >= 11 is 9.94. The quantitative estimate of drug-likeness (QED) is 0.581. The minimum Gasteiger partial charge on any atom is -0.450 e. The molecule has 9 heteroatoms. The molecule has 1 N–H and O–H groups in total. The van der Waals surface area contributed by atoms with Gasteiger partial charge in [-0.15, -0.1) is 0 Å². The van der Waals surface area contributed by atoms with Gasteiger partial charge in [0.25, 0.3) is 0 Å². The summed E-state index contributed by atoms with van der Waals surface area (Å²) in [6.07, 6.45) is 5.05. The van der Waals surface area contributed by atoms with E-state index in [-0.39, 0.29) is 12.1 Å². The van der Waals surface area contributed by atoms with Gasteiger partial charge >= 0.3 is 6.09 Å². The lowest BCUT2D eigenvalue weighted by Crippen LogP contribution is -2.42. The maximum atomic E-state index is 11.9. The molecular weight excluding hydrogens is 458 g/mol. The van der Waals surface area contributed by atoms with Gasteiger partial charge in [-0.05, 0) is 41.8 Å². The van der Waals surface area contributed by atoms with Gasteiger partial charge in [0.1, 0.15) is 4.60 Å². The molecule has 1 fully saturated rings. The Labute approximate surface area is 182 Å². The number of likely N-dealkylation sites (tertiary alicyclic amines) is 1. The Hall–Kier alpha value is -2.32. The van der Waals surface area contributed by atoms with E-state index >= 15 is 0 Å². The Morgan fingerprint density at radius 3 is 2.83 bits per heavy atom. The number of nitrogens with zero attached hydrogens (tertiary/aromatic N) is 4. The maximum Gasteiger partial charge on any atom is 0.409 e. The molecule has 1 amide bonds. The summed E-state index contributed by atoms with van der Waals surface area (Å²) in [6, 6.07) is 7.82. The minimum absolute atomic E-state index is 0.189. The molecule has 0 bridgehead atoms. The van der Waals surface area contributed by atoms with Crippen molar-refractivity contribution in [1.29, 1.82) is 0 Å². The van der Waals surface area contributed by atoms with E-state index in [1.54, 1.807) is 11.1 Å². The first-order valence-electron chi connectivity index (χ1n) is 9.53. The van der Waals surface area contributed by atoms with Gasteiger partial charge in [0.05, 0.1) is 23.5 Å². The van der Waals surface area contributed by atoms with Crippen LogP contribution in [0.4, 0.5) is 10.6 Å². The Morgan fingerprint density at radius 2 is 2.10 bits per heavy atom. The normalized spacial score (nSPS) is 14.9. The number of amides is 1. The average molecular weight is 479 g/mol. The summed E-state index contributed by atoms with van der Waals surface area (Å²) in [6.45, 7) is 3.50. The summed E-state index contributed by atoms with van der Waals surface area (Å²) in [5.74, 6) is 0.697. The van der Waals surface area contributed by atoms with Crippen LogP contribution in [0.5, 0.6) is 0 Å². The van der Waals surface area contributed by atoms with Crippen LogP contribution in [-0.4, -0.2) is 51.1 Å². The molecule has 0 unspecified atom stereocenters. The number of aromatic nitrogens is 3. The van der Waals surface area contributed by atoms with Gasteiger partial charge in [0.15, 0.2) is 11.5 Å². The van der Waals surface area contributed by atoms with Crippen LogP contribution in [0.15, 0.2) is 41.3 Å². The van der Waals surface area contributed by atoms with Crippen molar-refractivity contribution < 1.29 is 9.53 Å². The number of hydrogen-bond acceptors (Lipinski definition) is 5. The molecule has 0 aliphatic carbocycles. The predicted molar refractivity (Wildman–Crippen MR) is 116 cm³/mol. The highest BCUT2D eigenvalue weighted by Gasteiger charge is 2.25. The van der Waals surface area contributed by atoms with Crippen LogP contribution >= 0.6 is 27.5 Å². The van der Waals surface area contributed by atoms with Crippen LogP contribution < -0.4 is 5.32 Å². The van der Waals surface area contributed by atoms with Crippen molar-refractivity contribution in [3.8, 4) is 11.3 Å². The number of ether oxygens (including phenoxy) is 1. The van der Waals surface area contributed by atoms with E-state index < -0.39 is 0 Å². The maximum absolute atomic E-state index is 11.9. The highest BCUT2D eigenvalue weighted by Crippen LogP contribution is 2.30. The molecule has 0 radical (unpaired) electrons. The molecule has 29 heavy (non-hydrogen) atoms. The molecule has 1 aliphatic heterocycles. The number of fused-ring (bicyclic) bond motifs is 1. The van der Waals surface area contributed by atoms with E-state index in [4.69, 9.17) is 21.3 Å². The average Bonchev–Trinajstić information content (AvgIpc) is 3.10. The minimum atomic E-state index is -0.246. The van der Waals surface area contributed by atoms with Crippen molar-refractivity contribution in [2.24, 2.45) is 0 Å². The van der Waals surface area contributed by atoms with E-state index in [1.807, 2.05) is 41.8 Å². The number of rotatable bonds is 4. The zero-order valence-electron chi connectivity index (χ0n) is 15.9. The first-order chi connectivity index (χ1) is 14.1. The van der Waals surface area contributed by atoms with Crippen molar-refractivity contribution in [1.82, 2.24) is 19.3 Å². The number of piperidine rings is 1. The van der Waals surface area contributed by atoms with E-state index in [9.17, 15) is 4.79 Å². The monoisotopic (exact) mass is 477 g/mol. The van der Waals surface area contributed by atoms with Crippen LogP contribution in [-0.2, 0) is 4.74 Å². The number of imidazole rings is 1. The SMILES string of the molecule is CCOC(=O)N1CCC(Nc2nc(-c3ccccc3Cl)cn3c(Br)cnc23)CC1. The summed E-state index contributed by atoms with van der Waals surface area (Å²) in [5.41, 5.74) is 2.35. The molecule has 2 aromatic heterocycles. The fourth-order valence-electron chi connectivity index (χ4n) is 3.47. The van der Waals surface area contributed by atoms with Gasteiger partial charge in [-0.1, -0.05) is 29.8 Å². The van der Waals surface area contributed by atoms with Crippen molar-refractivity contribution in [2.45, 2.75) is 25.8 Å². The first-order valence-corrected chi connectivity index (χ1v) is 10.7. The summed E-state index contributed by atoms with van der Waals surface area (Å²) < 4.78 is 7.88. The highest BCUT2D eigenvalue weighted by atomic mass is 79.9. The number of carbonyl (C=O) groups is 1. The molecule has 0 atom stereocenters. The fraction of sp³-hybridized carbons (Fsp3) is 0.350. The lowest BCUT2D eigenvalue weighted by Gasteiger charge is -2.32. The Morgan fingerprint density at radius 1 is 1.34 bits per heavy atom. The van der Waals surface area contributed by atoms with Crippen LogP contribution in [0.3, 0.4) is 0 Å². The lowest BCUT2D eigenvalue weighted by atomic mass is 10.1. The third-order valence-electron chi connectivity index (χ3n) is 4.96. The van der Waals surface area contributed by atoms with Crippen LogP contribution in [0, 0.1) is 0 Å². The topological polar surface area (TPSA) is 71.8 Å². The number of anilines is 1. The lowest BCUT2D eigenvalue weighted by molar-refractivity contribution is 0.0983. The van der Waals surface area contributed by atoms with E-state index in [0.29, 0.717) is 30.5 Å². The van der Waals surface area contributed by atoms with Crippen molar-refractivity contribution in [2.75, 3.05) is 25.0 Å². The Bertz CT molecular complexity index is 1030. The van der Waals surface area contributed by atoms with Gasteiger partial charge in [-0.3, -0.25) is 4.40 Å². The summed E-state index contributed by atoms with van der Waals surface area (Å²) in [5, 5.41) is 4.16. The zero-order chi connectivity index (χ0) is 20.4. The third kappa shape index (κ3) is 4.18. The molecule has 1 aromatic carbocycles. The van der Waals surface area contributed by atoms with Crippen molar-refractivity contribution >= 4 is 45.1 Å². The number of halogens is 2. The molecule has 0 spiro atoms. The molecule has 3 aromatic rings. The summed E-state index contributed by atoms with van der Waals surface area (Å²) in [4.78, 5) is 23.0. The molecule has 4 rings (SSSR count). The van der Waals surface area contributed by atoms with Gasteiger partial charge < -0.3 is 15.0 Å². The van der Waals surface area contributed by atoms with E-state index in [2.05, 4.69) is 26.2 Å².